The van der Waals surface area contributed by atoms with Crippen LogP contribution in [0.15, 0.2) is 78.9 Å². The van der Waals surface area contributed by atoms with E-state index in [4.69, 9.17) is 4.74 Å². The first kappa shape index (κ1) is 21.0. The maximum Gasteiger partial charge on any atom is 0.258 e. The van der Waals surface area contributed by atoms with Gasteiger partial charge in [-0.05, 0) is 49.1 Å². The molecule has 160 valence electrons. The second-order valence-corrected chi connectivity index (χ2v) is 8.67. The number of hydrogen-bond acceptors (Lipinski definition) is 3. The highest BCUT2D eigenvalue weighted by Gasteiger charge is 2.42. The second-order valence-electron chi connectivity index (χ2n) is 8.67. The number of benzene rings is 3. The predicted molar refractivity (Wildman–Crippen MR) is 125 cm³/mol. The Morgan fingerprint density at radius 2 is 1.71 bits per heavy atom. The van der Waals surface area contributed by atoms with Gasteiger partial charge in [-0.2, -0.15) is 0 Å². The van der Waals surface area contributed by atoms with Gasteiger partial charge in [-0.25, -0.2) is 0 Å². The fourth-order valence-electron chi connectivity index (χ4n) is 4.05. The van der Waals surface area contributed by atoms with Crippen LogP contribution >= 0.6 is 0 Å². The van der Waals surface area contributed by atoms with Crippen molar-refractivity contribution in [2.24, 2.45) is 5.92 Å². The molecule has 4 nitrogen and oxygen atoms in total. The third-order valence-electron chi connectivity index (χ3n) is 5.77. The van der Waals surface area contributed by atoms with Gasteiger partial charge in [-0.3, -0.25) is 4.79 Å². The number of rotatable bonds is 7. The summed E-state index contributed by atoms with van der Waals surface area (Å²) in [5.41, 5.74) is 3.10. The van der Waals surface area contributed by atoms with E-state index in [1.165, 1.54) is 5.56 Å². The molecular weight excluding hydrogens is 384 g/mol. The van der Waals surface area contributed by atoms with Crippen molar-refractivity contribution < 1.29 is 9.53 Å². The molecule has 1 aliphatic rings. The van der Waals surface area contributed by atoms with Crippen LogP contribution in [-0.4, -0.2) is 24.0 Å². The average molecular weight is 415 g/mol. The topological polar surface area (TPSA) is 41.6 Å². The van der Waals surface area contributed by atoms with E-state index in [9.17, 15) is 4.79 Å². The molecule has 31 heavy (non-hydrogen) atoms. The van der Waals surface area contributed by atoms with Crippen molar-refractivity contribution in [1.29, 1.82) is 0 Å². The number of para-hydroxylation sites is 1. The molecule has 0 spiro atoms. The molecule has 0 bridgehead atoms. The number of carbonyl (C=O) groups is 1. The zero-order valence-electron chi connectivity index (χ0n) is 18.5. The normalized spacial score (nSPS) is 17.9. The van der Waals surface area contributed by atoms with Gasteiger partial charge >= 0.3 is 0 Å². The minimum atomic E-state index is -0.683. The van der Waals surface area contributed by atoms with Gasteiger partial charge in [-0.15, -0.1) is 0 Å². The third kappa shape index (κ3) is 4.43. The number of nitrogens with one attached hydrogen (secondary N) is 1. The maximum absolute atomic E-state index is 13.6. The molecule has 0 saturated carbocycles. The quantitative estimate of drug-likeness (QED) is 0.539. The molecular formula is C27H30N2O2. The van der Waals surface area contributed by atoms with Crippen LogP contribution in [0.5, 0.6) is 5.75 Å². The Labute approximate surface area is 184 Å². The summed E-state index contributed by atoms with van der Waals surface area (Å²) < 4.78 is 5.97. The van der Waals surface area contributed by atoms with E-state index in [0.29, 0.717) is 24.6 Å². The first-order valence-electron chi connectivity index (χ1n) is 10.9. The fourth-order valence-corrected chi connectivity index (χ4v) is 4.05. The lowest BCUT2D eigenvalue weighted by atomic mass is 9.93. The molecule has 1 heterocycles. The minimum absolute atomic E-state index is 0.0429. The molecule has 1 atom stereocenters. The summed E-state index contributed by atoms with van der Waals surface area (Å²) in [7, 11) is 0. The van der Waals surface area contributed by atoms with Gasteiger partial charge in [0, 0.05) is 17.8 Å². The Kier molecular flexibility index (Phi) is 5.99. The summed E-state index contributed by atoms with van der Waals surface area (Å²) >= 11 is 0. The molecule has 3 aromatic rings. The molecule has 0 aliphatic carbocycles. The van der Waals surface area contributed by atoms with Crippen LogP contribution in [0.2, 0.25) is 0 Å². The van der Waals surface area contributed by atoms with Crippen molar-refractivity contribution in [3.63, 3.8) is 0 Å². The van der Waals surface area contributed by atoms with Gasteiger partial charge in [0.2, 0.25) is 0 Å². The largest absolute Gasteiger partial charge is 0.493 e. The number of hydrogen-bond donors (Lipinski definition) is 1. The van der Waals surface area contributed by atoms with Crippen molar-refractivity contribution in [3.8, 4) is 5.75 Å². The molecule has 0 saturated heterocycles. The van der Waals surface area contributed by atoms with Crippen molar-refractivity contribution in [2.45, 2.75) is 32.9 Å². The monoisotopic (exact) mass is 414 g/mol. The Balaban J connectivity index is 1.69. The molecule has 0 aromatic heterocycles. The summed E-state index contributed by atoms with van der Waals surface area (Å²) in [4.78, 5) is 15.5. The Bertz CT molecular complexity index is 1050. The number of nitrogens with zero attached hydrogens (tertiary/aromatic N) is 1. The van der Waals surface area contributed by atoms with E-state index in [2.05, 4.69) is 44.3 Å². The molecule has 1 N–H and O–H groups in total. The number of amides is 1. The predicted octanol–water partition coefficient (Wildman–Crippen LogP) is 5.70. The van der Waals surface area contributed by atoms with Gasteiger partial charge in [0.25, 0.3) is 5.91 Å². The molecule has 1 amide bonds. The molecule has 3 aromatic carbocycles. The van der Waals surface area contributed by atoms with Crippen LogP contribution in [0, 0.1) is 5.92 Å². The van der Waals surface area contributed by atoms with Crippen molar-refractivity contribution in [1.82, 2.24) is 4.90 Å². The first-order chi connectivity index (χ1) is 15.0. The van der Waals surface area contributed by atoms with Crippen molar-refractivity contribution in [2.75, 3.05) is 18.5 Å². The Morgan fingerprint density at radius 3 is 2.48 bits per heavy atom. The fraction of sp³-hybridized carbons (Fsp3) is 0.296. The van der Waals surface area contributed by atoms with Crippen LogP contribution < -0.4 is 10.1 Å². The van der Waals surface area contributed by atoms with Crippen molar-refractivity contribution >= 4 is 11.6 Å². The molecule has 0 radical (unpaired) electrons. The van der Waals surface area contributed by atoms with Crippen molar-refractivity contribution in [3.05, 3.63) is 95.6 Å². The summed E-state index contributed by atoms with van der Waals surface area (Å²) in [6.45, 7) is 7.61. The number of anilines is 1. The zero-order valence-corrected chi connectivity index (χ0v) is 18.5. The third-order valence-corrected chi connectivity index (χ3v) is 5.77. The van der Waals surface area contributed by atoms with Crippen LogP contribution in [0.25, 0.3) is 0 Å². The lowest BCUT2D eigenvalue weighted by Crippen LogP contribution is -2.56. The molecule has 1 unspecified atom stereocenters. The molecule has 0 fully saturated rings. The number of carbonyl (C=O) groups excluding carboxylic acids is 1. The van der Waals surface area contributed by atoms with E-state index in [-0.39, 0.29) is 5.91 Å². The Hall–Kier alpha value is -3.27. The summed E-state index contributed by atoms with van der Waals surface area (Å²) in [6.07, 6.45) is 0.787. The molecule has 4 heteroatoms. The lowest BCUT2D eigenvalue weighted by Gasteiger charge is -2.47. The molecule has 1 aliphatic heterocycles. The van der Waals surface area contributed by atoms with Crippen LogP contribution in [0.4, 0.5) is 5.69 Å². The highest BCUT2D eigenvalue weighted by molar-refractivity contribution is 6.02. The van der Waals surface area contributed by atoms with E-state index in [1.54, 1.807) is 0 Å². The number of ether oxygens (including phenoxy) is 1. The maximum atomic E-state index is 13.6. The van der Waals surface area contributed by atoms with Gasteiger partial charge in [-0.1, -0.05) is 68.4 Å². The van der Waals surface area contributed by atoms with Gasteiger partial charge < -0.3 is 15.0 Å². The summed E-state index contributed by atoms with van der Waals surface area (Å²) in [5, 5.41) is 3.65. The van der Waals surface area contributed by atoms with Gasteiger partial charge in [0.05, 0.1) is 12.2 Å². The van der Waals surface area contributed by atoms with E-state index in [1.807, 2.05) is 65.6 Å². The van der Waals surface area contributed by atoms with E-state index < -0.39 is 5.66 Å². The second kappa shape index (κ2) is 8.84. The lowest BCUT2D eigenvalue weighted by molar-refractivity contribution is 0.0538. The Morgan fingerprint density at radius 1 is 0.968 bits per heavy atom. The average Bonchev–Trinajstić information content (AvgIpc) is 2.78. The van der Waals surface area contributed by atoms with Crippen LogP contribution in [-0.2, 0) is 12.1 Å². The summed E-state index contributed by atoms with van der Waals surface area (Å²) in [5.74, 6) is 1.31. The standard InChI is InChI=1S/C27H30N2O2/c1-20(2)19-31-23-13-9-12-22(18-23)27(3)28-25-15-8-7-14-24(25)26(30)29(27)17-16-21-10-5-4-6-11-21/h4-15,18,20,28H,16-17,19H2,1-3H3. The minimum Gasteiger partial charge on any atom is -0.493 e. The van der Waals surface area contributed by atoms with Crippen LogP contribution in [0.1, 0.15) is 42.3 Å². The van der Waals surface area contributed by atoms with Gasteiger partial charge in [0.1, 0.15) is 11.4 Å². The van der Waals surface area contributed by atoms with Gasteiger partial charge in [0.15, 0.2) is 0 Å². The highest BCUT2D eigenvalue weighted by Crippen LogP contribution is 2.38. The zero-order chi connectivity index (χ0) is 21.8. The molecule has 4 rings (SSSR count). The smallest absolute Gasteiger partial charge is 0.258 e. The van der Waals surface area contributed by atoms with Crippen LogP contribution in [0.3, 0.4) is 0 Å². The SMILES string of the molecule is CC(C)COc1cccc(C2(C)Nc3ccccc3C(=O)N2CCc2ccccc2)c1. The highest BCUT2D eigenvalue weighted by atomic mass is 16.5. The van der Waals surface area contributed by atoms with E-state index >= 15 is 0 Å². The number of fused-ring (bicyclic) bond motifs is 1. The first-order valence-corrected chi connectivity index (χ1v) is 10.9. The van der Waals surface area contributed by atoms with E-state index in [0.717, 1.165) is 23.4 Å². The summed E-state index contributed by atoms with van der Waals surface area (Å²) in [6, 6.07) is 26.1.